The molecular weight excluding hydrogens is 270 g/mol. The van der Waals surface area contributed by atoms with Crippen molar-refractivity contribution >= 4 is 11.9 Å². The number of hydrogen-bond acceptors (Lipinski definition) is 7. The van der Waals surface area contributed by atoms with Gasteiger partial charge in [-0.3, -0.25) is 0 Å². The van der Waals surface area contributed by atoms with Crippen molar-refractivity contribution in [3.05, 3.63) is 0 Å². The van der Waals surface area contributed by atoms with Crippen molar-refractivity contribution in [2.24, 2.45) is 5.41 Å². The van der Waals surface area contributed by atoms with Crippen molar-refractivity contribution in [1.82, 2.24) is 15.0 Å². The Hall–Kier alpha value is -1.63. The first-order chi connectivity index (χ1) is 9.84. The van der Waals surface area contributed by atoms with E-state index in [0.717, 1.165) is 13.0 Å². The predicted molar refractivity (Wildman–Crippen MR) is 83.7 cm³/mol. The summed E-state index contributed by atoms with van der Waals surface area (Å²) < 4.78 is 5.06. The standard InChI is InChI=1S/C14H27N5O2/c1-6-7-15-11-17-12(19-13(18-11)21-5)16-9-10(20)8-14(2,3)4/h10,20H,6-9H2,1-5H3,(H2,15,16,17,18,19). The van der Waals surface area contributed by atoms with Gasteiger partial charge >= 0.3 is 6.01 Å². The molecule has 0 spiro atoms. The quantitative estimate of drug-likeness (QED) is 0.675. The summed E-state index contributed by atoms with van der Waals surface area (Å²) in [6, 6.07) is 0.247. The van der Waals surface area contributed by atoms with Crippen LogP contribution in [0.4, 0.5) is 11.9 Å². The molecule has 120 valence electrons. The number of anilines is 2. The number of nitrogens with zero attached hydrogens (tertiary/aromatic N) is 3. The number of aromatic nitrogens is 3. The zero-order chi connectivity index (χ0) is 15.9. The van der Waals surface area contributed by atoms with Gasteiger partial charge in [-0.25, -0.2) is 0 Å². The van der Waals surface area contributed by atoms with Gasteiger partial charge in [0, 0.05) is 13.1 Å². The second-order valence-corrected chi connectivity index (χ2v) is 6.20. The SMILES string of the molecule is CCCNc1nc(NCC(O)CC(C)(C)C)nc(OC)n1. The van der Waals surface area contributed by atoms with Gasteiger partial charge in [0.05, 0.1) is 13.2 Å². The van der Waals surface area contributed by atoms with Crippen LogP contribution in [0.15, 0.2) is 0 Å². The fraction of sp³-hybridized carbons (Fsp3) is 0.786. The van der Waals surface area contributed by atoms with Gasteiger partial charge < -0.3 is 20.5 Å². The molecule has 1 aromatic heterocycles. The minimum Gasteiger partial charge on any atom is -0.467 e. The fourth-order valence-corrected chi connectivity index (χ4v) is 1.83. The van der Waals surface area contributed by atoms with Gasteiger partial charge in [0.1, 0.15) is 0 Å². The maximum atomic E-state index is 10.0. The third kappa shape index (κ3) is 7.08. The third-order valence-electron chi connectivity index (χ3n) is 2.67. The minimum atomic E-state index is -0.459. The summed E-state index contributed by atoms with van der Waals surface area (Å²) in [7, 11) is 1.51. The van der Waals surface area contributed by atoms with Gasteiger partial charge in [-0.2, -0.15) is 15.0 Å². The molecule has 3 N–H and O–H groups in total. The van der Waals surface area contributed by atoms with Crippen molar-refractivity contribution in [2.75, 3.05) is 30.8 Å². The van der Waals surface area contributed by atoms with E-state index in [1.54, 1.807) is 0 Å². The lowest BCUT2D eigenvalue weighted by Crippen LogP contribution is -2.26. The highest BCUT2D eigenvalue weighted by Gasteiger charge is 2.17. The molecule has 0 fully saturated rings. The Morgan fingerprint density at radius 1 is 1.14 bits per heavy atom. The van der Waals surface area contributed by atoms with Crippen LogP contribution in [0.25, 0.3) is 0 Å². The highest BCUT2D eigenvalue weighted by atomic mass is 16.5. The van der Waals surface area contributed by atoms with E-state index >= 15 is 0 Å². The lowest BCUT2D eigenvalue weighted by atomic mass is 9.89. The number of nitrogens with one attached hydrogen (secondary N) is 2. The second kappa shape index (κ2) is 7.97. The Labute approximate surface area is 126 Å². The highest BCUT2D eigenvalue weighted by Crippen LogP contribution is 2.21. The van der Waals surface area contributed by atoms with Crippen LogP contribution in [-0.4, -0.2) is 46.4 Å². The summed E-state index contributed by atoms with van der Waals surface area (Å²) in [4.78, 5) is 12.5. The Morgan fingerprint density at radius 3 is 2.29 bits per heavy atom. The minimum absolute atomic E-state index is 0.0751. The van der Waals surface area contributed by atoms with Gasteiger partial charge in [-0.05, 0) is 18.3 Å². The van der Waals surface area contributed by atoms with E-state index < -0.39 is 6.10 Å². The summed E-state index contributed by atoms with van der Waals surface area (Å²) in [5.74, 6) is 0.866. The first-order valence-electron chi connectivity index (χ1n) is 7.30. The molecule has 0 radical (unpaired) electrons. The summed E-state index contributed by atoms with van der Waals surface area (Å²) >= 11 is 0. The molecule has 0 aliphatic heterocycles. The van der Waals surface area contributed by atoms with Crippen molar-refractivity contribution in [3.8, 4) is 6.01 Å². The Balaban J connectivity index is 2.64. The number of aliphatic hydroxyl groups excluding tert-OH is 1. The normalized spacial score (nSPS) is 12.9. The number of aliphatic hydroxyl groups is 1. The molecule has 0 aliphatic carbocycles. The number of methoxy groups -OCH3 is 1. The number of hydrogen-bond donors (Lipinski definition) is 3. The van der Waals surface area contributed by atoms with Gasteiger partial charge in [0.25, 0.3) is 0 Å². The van der Waals surface area contributed by atoms with E-state index in [0.29, 0.717) is 24.9 Å². The number of rotatable bonds is 8. The summed E-state index contributed by atoms with van der Waals surface area (Å²) in [6.07, 6.45) is 1.21. The largest absolute Gasteiger partial charge is 0.467 e. The zero-order valence-electron chi connectivity index (χ0n) is 13.6. The lowest BCUT2D eigenvalue weighted by molar-refractivity contribution is 0.132. The van der Waals surface area contributed by atoms with E-state index in [1.807, 2.05) is 0 Å². The van der Waals surface area contributed by atoms with E-state index in [9.17, 15) is 5.11 Å². The Bertz CT molecular complexity index is 434. The molecule has 7 heteroatoms. The van der Waals surface area contributed by atoms with Gasteiger partial charge in [0.2, 0.25) is 11.9 Å². The van der Waals surface area contributed by atoms with E-state index in [2.05, 4.69) is 53.3 Å². The number of ether oxygens (including phenoxy) is 1. The van der Waals surface area contributed by atoms with Crippen LogP contribution >= 0.6 is 0 Å². The van der Waals surface area contributed by atoms with Crippen LogP contribution in [0.3, 0.4) is 0 Å². The summed E-state index contributed by atoms with van der Waals surface area (Å²) in [6.45, 7) is 9.50. The molecule has 1 rings (SSSR count). The molecule has 0 saturated heterocycles. The van der Waals surface area contributed by atoms with Crippen molar-refractivity contribution in [2.45, 2.75) is 46.6 Å². The van der Waals surface area contributed by atoms with Crippen LogP contribution in [-0.2, 0) is 0 Å². The van der Waals surface area contributed by atoms with E-state index in [1.165, 1.54) is 7.11 Å². The molecule has 0 aromatic carbocycles. The molecule has 1 heterocycles. The topological polar surface area (TPSA) is 92.2 Å². The van der Waals surface area contributed by atoms with Crippen molar-refractivity contribution < 1.29 is 9.84 Å². The first kappa shape index (κ1) is 17.4. The van der Waals surface area contributed by atoms with Crippen molar-refractivity contribution in [1.29, 1.82) is 0 Å². The Morgan fingerprint density at radius 2 is 1.76 bits per heavy atom. The molecule has 0 aliphatic rings. The molecule has 0 amide bonds. The molecule has 1 aromatic rings. The maximum absolute atomic E-state index is 10.0. The second-order valence-electron chi connectivity index (χ2n) is 6.20. The van der Waals surface area contributed by atoms with E-state index in [4.69, 9.17) is 4.74 Å². The molecule has 0 bridgehead atoms. The molecule has 1 atom stereocenters. The van der Waals surface area contributed by atoms with E-state index in [-0.39, 0.29) is 11.4 Å². The smallest absolute Gasteiger partial charge is 0.322 e. The van der Waals surface area contributed by atoms with Gasteiger partial charge in [0.15, 0.2) is 0 Å². The predicted octanol–water partition coefficient (Wildman–Crippen LogP) is 1.91. The molecule has 0 saturated carbocycles. The summed E-state index contributed by atoms with van der Waals surface area (Å²) in [5, 5.41) is 16.1. The van der Waals surface area contributed by atoms with Gasteiger partial charge in [-0.1, -0.05) is 27.7 Å². The molecule has 1 unspecified atom stereocenters. The lowest BCUT2D eigenvalue weighted by Gasteiger charge is -2.22. The highest BCUT2D eigenvalue weighted by molar-refractivity contribution is 5.35. The average molecular weight is 297 g/mol. The van der Waals surface area contributed by atoms with Crippen LogP contribution < -0.4 is 15.4 Å². The first-order valence-corrected chi connectivity index (χ1v) is 7.30. The Kier molecular flexibility index (Phi) is 6.61. The van der Waals surface area contributed by atoms with Gasteiger partial charge in [-0.15, -0.1) is 0 Å². The fourth-order valence-electron chi connectivity index (χ4n) is 1.83. The summed E-state index contributed by atoms with van der Waals surface area (Å²) in [5.41, 5.74) is 0.0751. The maximum Gasteiger partial charge on any atom is 0.322 e. The molecule has 21 heavy (non-hydrogen) atoms. The van der Waals surface area contributed by atoms with Crippen LogP contribution in [0, 0.1) is 5.41 Å². The third-order valence-corrected chi connectivity index (χ3v) is 2.67. The molecule has 7 nitrogen and oxygen atoms in total. The van der Waals surface area contributed by atoms with Crippen LogP contribution in [0.1, 0.15) is 40.5 Å². The zero-order valence-corrected chi connectivity index (χ0v) is 13.6. The average Bonchev–Trinajstić information content (AvgIpc) is 2.41. The van der Waals surface area contributed by atoms with Crippen LogP contribution in [0.5, 0.6) is 6.01 Å². The molecular formula is C14H27N5O2. The monoisotopic (exact) mass is 297 g/mol. The van der Waals surface area contributed by atoms with Crippen LogP contribution in [0.2, 0.25) is 0 Å². The van der Waals surface area contributed by atoms with Crippen molar-refractivity contribution in [3.63, 3.8) is 0 Å².